The van der Waals surface area contributed by atoms with Gasteiger partial charge in [0.15, 0.2) is 11.5 Å². The Bertz CT molecular complexity index is 694. The van der Waals surface area contributed by atoms with Crippen molar-refractivity contribution in [3.63, 3.8) is 0 Å². The smallest absolute Gasteiger partial charge is 0.230 e. The van der Waals surface area contributed by atoms with E-state index in [-0.39, 0.29) is 16.7 Å². The lowest BCUT2D eigenvalue weighted by Gasteiger charge is -2.37. The van der Waals surface area contributed by atoms with E-state index in [0.717, 1.165) is 48.3 Å². The molecule has 2 saturated carbocycles. The van der Waals surface area contributed by atoms with E-state index in [1.54, 1.807) is 14.2 Å². The first-order valence-electron chi connectivity index (χ1n) is 9.04. The molecule has 1 N–H and O–H groups in total. The number of methoxy groups -OCH3 is 2. The molecule has 1 aromatic rings. The third-order valence-electron chi connectivity index (χ3n) is 6.47. The number of carbonyl (C=O) groups excluding carboxylic acids is 1. The van der Waals surface area contributed by atoms with Gasteiger partial charge in [0.1, 0.15) is 0 Å². The van der Waals surface area contributed by atoms with Crippen molar-refractivity contribution in [1.29, 1.82) is 0 Å². The van der Waals surface area contributed by atoms with Gasteiger partial charge in [-0.2, -0.15) is 0 Å². The molecule has 0 spiro atoms. The lowest BCUT2D eigenvalue weighted by Crippen LogP contribution is -2.42. The maximum absolute atomic E-state index is 12.9. The molecule has 4 nitrogen and oxygen atoms in total. The Morgan fingerprint density at radius 1 is 1.28 bits per heavy atom. The van der Waals surface area contributed by atoms with Gasteiger partial charge in [0, 0.05) is 6.54 Å². The van der Waals surface area contributed by atoms with Crippen molar-refractivity contribution in [3.8, 4) is 11.5 Å². The Hall–Kier alpha value is -1.97. The lowest BCUT2D eigenvalue weighted by atomic mass is 9.68. The fourth-order valence-corrected chi connectivity index (χ4v) is 4.67. The minimum Gasteiger partial charge on any atom is -0.493 e. The molecule has 0 aliphatic heterocycles. The second kappa shape index (κ2) is 6.40. The van der Waals surface area contributed by atoms with Crippen LogP contribution in [0.5, 0.6) is 11.5 Å². The van der Waals surface area contributed by atoms with Gasteiger partial charge >= 0.3 is 0 Å². The van der Waals surface area contributed by atoms with Gasteiger partial charge in [-0.15, -0.1) is 0 Å². The largest absolute Gasteiger partial charge is 0.493 e. The summed E-state index contributed by atoms with van der Waals surface area (Å²) < 4.78 is 10.6. The normalized spacial score (nSPS) is 26.6. The first kappa shape index (κ1) is 17.8. The average molecular weight is 343 g/mol. The molecule has 0 aromatic heterocycles. The molecule has 0 radical (unpaired) electrons. The molecule has 1 amide bonds. The van der Waals surface area contributed by atoms with Crippen LogP contribution in [-0.2, 0) is 11.2 Å². The molecular formula is C21H29NO3. The summed E-state index contributed by atoms with van der Waals surface area (Å²) in [5.74, 6) is 2.19. The Balaban J connectivity index is 1.61. The number of benzene rings is 1. The molecule has 1 aromatic carbocycles. The predicted molar refractivity (Wildman–Crippen MR) is 99.0 cm³/mol. The number of hydrogen-bond acceptors (Lipinski definition) is 3. The molecule has 2 fully saturated rings. The second-order valence-corrected chi connectivity index (χ2v) is 7.92. The van der Waals surface area contributed by atoms with Gasteiger partial charge in [-0.25, -0.2) is 0 Å². The summed E-state index contributed by atoms with van der Waals surface area (Å²) in [5, 5.41) is 3.15. The number of nitrogens with one attached hydrogen (secondary N) is 1. The quantitative estimate of drug-likeness (QED) is 0.800. The number of ether oxygens (including phenoxy) is 2. The highest BCUT2D eigenvalue weighted by atomic mass is 16.5. The Kier molecular flexibility index (Phi) is 4.56. The highest BCUT2D eigenvalue weighted by Gasteiger charge is 2.60. The summed E-state index contributed by atoms with van der Waals surface area (Å²) in [4.78, 5) is 12.9. The van der Waals surface area contributed by atoms with Gasteiger partial charge in [-0.3, -0.25) is 4.79 Å². The van der Waals surface area contributed by atoms with Crippen molar-refractivity contribution in [2.24, 2.45) is 16.7 Å². The molecule has 2 aliphatic rings. The van der Waals surface area contributed by atoms with Crippen LogP contribution >= 0.6 is 0 Å². The molecule has 0 unspecified atom stereocenters. The van der Waals surface area contributed by atoms with E-state index in [0.29, 0.717) is 12.5 Å². The number of carbonyl (C=O) groups is 1. The first-order valence-corrected chi connectivity index (χ1v) is 9.04. The van der Waals surface area contributed by atoms with E-state index in [2.05, 4.69) is 25.7 Å². The summed E-state index contributed by atoms with van der Waals surface area (Å²) in [7, 11) is 3.26. The average Bonchev–Trinajstić information content (AvgIpc) is 3.14. The summed E-state index contributed by atoms with van der Waals surface area (Å²) >= 11 is 0. The zero-order valence-electron chi connectivity index (χ0n) is 15.8. The number of fused-ring (bicyclic) bond motifs is 2. The van der Waals surface area contributed by atoms with E-state index in [1.165, 1.54) is 0 Å². The van der Waals surface area contributed by atoms with Crippen LogP contribution in [0.15, 0.2) is 30.4 Å². The maximum Gasteiger partial charge on any atom is 0.230 e. The van der Waals surface area contributed by atoms with Gasteiger partial charge in [0.2, 0.25) is 5.91 Å². The molecular weight excluding hydrogens is 314 g/mol. The topological polar surface area (TPSA) is 47.6 Å². The van der Waals surface area contributed by atoms with Crippen molar-refractivity contribution in [2.75, 3.05) is 20.8 Å². The highest BCUT2D eigenvalue weighted by molar-refractivity contribution is 5.87. The SMILES string of the molecule is C=C1C(C)(C)[C@H]2CC[C@@]1(C(=O)NCCc1ccc(OC)c(OC)c1)C2. The Morgan fingerprint density at radius 2 is 2.00 bits per heavy atom. The molecule has 2 aliphatic carbocycles. The van der Waals surface area contributed by atoms with Gasteiger partial charge in [-0.1, -0.05) is 32.1 Å². The molecule has 2 atom stereocenters. The number of rotatable bonds is 6. The predicted octanol–water partition coefficient (Wildman–Crippen LogP) is 3.75. The van der Waals surface area contributed by atoms with Gasteiger partial charge in [0.05, 0.1) is 19.6 Å². The van der Waals surface area contributed by atoms with Gasteiger partial charge in [-0.05, 0) is 54.7 Å². The number of hydrogen-bond donors (Lipinski definition) is 1. The minimum absolute atomic E-state index is 0.0823. The molecule has 25 heavy (non-hydrogen) atoms. The third kappa shape index (κ3) is 2.82. The third-order valence-corrected chi connectivity index (χ3v) is 6.47. The van der Waals surface area contributed by atoms with E-state index < -0.39 is 0 Å². The fourth-order valence-electron chi connectivity index (χ4n) is 4.67. The van der Waals surface area contributed by atoms with E-state index >= 15 is 0 Å². The summed E-state index contributed by atoms with van der Waals surface area (Å²) in [5.41, 5.74) is 1.98. The van der Waals surface area contributed by atoms with Gasteiger partial charge < -0.3 is 14.8 Å². The van der Waals surface area contributed by atoms with Crippen LogP contribution in [0.4, 0.5) is 0 Å². The minimum atomic E-state index is -0.342. The Morgan fingerprint density at radius 3 is 2.60 bits per heavy atom. The monoisotopic (exact) mass is 343 g/mol. The molecule has 0 saturated heterocycles. The van der Waals surface area contributed by atoms with Crippen molar-refractivity contribution in [2.45, 2.75) is 39.5 Å². The van der Waals surface area contributed by atoms with Gasteiger partial charge in [0.25, 0.3) is 0 Å². The van der Waals surface area contributed by atoms with Crippen LogP contribution in [0.3, 0.4) is 0 Å². The van der Waals surface area contributed by atoms with Crippen LogP contribution in [0.2, 0.25) is 0 Å². The van der Waals surface area contributed by atoms with Crippen molar-refractivity contribution < 1.29 is 14.3 Å². The van der Waals surface area contributed by atoms with Crippen molar-refractivity contribution >= 4 is 5.91 Å². The zero-order valence-corrected chi connectivity index (χ0v) is 15.8. The molecule has 3 rings (SSSR count). The molecule has 136 valence electrons. The van der Waals surface area contributed by atoms with Crippen LogP contribution in [0, 0.1) is 16.7 Å². The van der Waals surface area contributed by atoms with Crippen LogP contribution in [-0.4, -0.2) is 26.7 Å². The fraction of sp³-hybridized carbons (Fsp3) is 0.571. The summed E-state index contributed by atoms with van der Waals surface area (Å²) in [6, 6.07) is 5.87. The van der Waals surface area contributed by atoms with Crippen LogP contribution in [0.25, 0.3) is 0 Å². The van der Waals surface area contributed by atoms with Crippen molar-refractivity contribution in [3.05, 3.63) is 35.9 Å². The lowest BCUT2D eigenvalue weighted by molar-refractivity contribution is -0.128. The van der Waals surface area contributed by atoms with E-state index in [4.69, 9.17) is 9.47 Å². The molecule has 2 bridgehead atoms. The molecule has 4 heteroatoms. The van der Waals surface area contributed by atoms with E-state index in [1.807, 2.05) is 18.2 Å². The summed E-state index contributed by atoms with van der Waals surface area (Å²) in [6.07, 6.45) is 3.81. The van der Waals surface area contributed by atoms with E-state index in [9.17, 15) is 4.79 Å². The maximum atomic E-state index is 12.9. The second-order valence-electron chi connectivity index (χ2n) is 7.92. The summed E-state index contributed by atoms with van der Waals surface area (Å²) in [6.45, 7) is 9.39. The zero-order chi connectivity index (χ0) is 18.2. The molecule has 0 heterocycles. The van der Waals surface area contributed by atoms with Crippen LogP contribution in [0.1, 0.15) is 38.7 Å². The number of amides is 1. The highest BCUT2D eigenvalue weighted by Crippen LogP contribution is 2.65. The van der Waals surface area contributed by atoms with Crippen LogP contribution < -0.4 is 14.8 Å². The van der Waals surface area contributed by atoms with Crippen molar-refractivity contribution in [1.82, 2.24) is 5.32 Å². The Labute approximate surface area is 150 Å². The standard InChI is InChI=1S/C21H29NO3/c1-14-20(2,3)16-8-10-21(14,13-16)19(23)22-11-9-15-6-7-17(24-4)18(12-15)25-5/h6-7,12,16H,1,8-11,13H2,2-5H3,(H,22,23)/t16-,21+/m0/s1. The first-order chi connectivity index (χ1) is 11.8.